The van der Waals surface area contributed by atoms with Crippen molar-refractivity contribution < 1.29 is 19.4 Å². The molecule has 2 aromatic carbocycles. The molecule has 1 amide bonds. The first-order chi connectivity index (χ1) is 21.4. The molecule has 6 nitrogen and oxygen atoms in total. The number of rotatable bonds is 14. The fourth-order valence-corrected chi connectivity index (χ4v) is 9.25. The highest BCUT2D eigenvalue weighted by Crippen LogP contribution is 2.65. The molecule has 1 spiro atoms. The van der Waals surface area contributed by atoms with Crippen LogP contribution in [0.2, 0.25) is 0 Å². The highest BCUT2D eigenvalue weighted by atomic mass is 16.5. The second-order valence-electron chi connectivity index (χ2n) is 14.1. The van der Waals surface area contributed by atoms with Crippen LogP contribution in [-0.4, -0.2) is 65.7 Å². The third-order valence-corrected chi connectivity index (χ3v) is 11.1. The van der Waals surface area contributed by atoms with Gasteiger partial charge in [0.25, 0.3) is 0 Å². The third-order valence-electron chi connectivity index (χ3n) is 11.1. The first kappa shape index (κ1) is 31.0. The van der Waals surface area contributed by atoms with Gasteiger partial charge in [-0.1, -0.05) is 69.5 Å². The number of piperidine rings is 1. The number of benzene rings is 2. The molecule has 5 atom stereocenters. The molecule has 238 valence electrons. The Balaban J connectivity index is 1.19. The van der Waals surface area contributed by atoms with Crippen molar-refractivity contribution in [1.29, 1.82) is 0 Å². The Kier molecular flexibility index (Phi) is 9.28. The molecular formula is C38H52N2O4. The van der Waals surface area contributed by atoms with Crippen LogP contribution in [0.3, 0.4) is 0 Å². The predicted octanol–water partition coefficient (Wildman–Crippen LogP) is 7.06. The van der Waals surface area contributed by atoms with Crippen LogP contribution >= 0.6 is 0 Å². The number of phenolic OH excluding ortho intramolecular Hbond substituents is 1. The van der Waals surface area contributed by atoms with Gasteiger partial charge >= 0.3 is 0 Å². The summed E-state index contributed by atoms with van der Waals surface area (Å²) in [5.41, 5.74) is 3.39. The van der Waals surface area contributed by atoms with Crippen molar-refractivity contribution in [1.82, 2.24) is 9.80 Å². The molecule has 2 bridgehead atoms. The molecule has 2 fully saturated rings. The van der Waals surface area contributed by atoms with E-state index in [0.717, 1.165) is 75.9 Å². The molecule has 0 radical (unpaired) electrons. The largest absolute Gasteiger partial charge is 0.508 e. The summed E-state index contributed by atoms with van der Waals surface area (Å²) in [6.45, 7) is 11.0. The number of hydrogen-bond acceptors (Lipinski definition) is 5. The van der Waals surface area contributed by atoms with Gasteiger partial charge in [-0.25, -0.2) is 0 Å². The van der Waals surface area contributed by atoms with Crippen molar-refractivity contribution in [2.45, 2.75) is 108 Å². The van der Waals surface area contributed by atoms with Gasteiger partial charge in [0.05, 0.1) is 13.2 Å². The van der Waals surface area contributed by atoms with Gasteiger partial charge in [-0.2, -0.15) is 0 Å². The van der Waals surface area contributed by atoms with Crippen molar-refractivity contribution in [3.8, 4) is 17.2 Å². The van der Waals surface area contributed by atoms with Gasteiger partial charge < -0.3 is 19.5 Å². The topological polar surface area (TPSA) is 62.2 Å². The zero-order chi connectivity index (χ0) is 30.8. The molecule has 2 aliphatic carbocycles. The molecular weight excluding hydrogens is 548 g/mol. The molecule has 6 rings (SSSR count). The molecule has 4 aliphatic rings. The monoisotopic (exact) mass is 600 g/mol. The maximum Gasteiger partial charge on any atom is 0.222 e. The fraction of sp³-hybridized carbons (Fsp3) is 0.605. The van der Waals surface area contributed by atoms with Gasteiger partial charge in [0.15, 0.2) is 11.5 Å². The van der Waals surface area contributed by atoms with Gasteiger partial charge in [0.1, 0.15) is 11.9 Å². The smallest absolute Gasteiger partial charge is 0.222 e. The van der Waals surface area contributed by atoms with E-state index >= 15 is 0 Å². The Bertz CT molecular complexity index is 1330. The molecule has 6 heteroatoms. The summed E-state index contributed by atoms with van der Waals surface area (Å²) in [6.07, 6.45) is 13.0. The fourth-order valence-electron chi connectivity index (χ4n) is 9.25. The van der Waals surface area contributed by atoms with Crippen LogP contribution in [0.15, 0.2) is 49.1 Å². The van der Waals surface area contributed by atoms with E-state index in [1.807, 2.05) is 6.08 Å². The van der Waals surface area contributed by atoms with Crippen molar-refractivity contribution in [2.24, 2.45) is 11.8 Å². The van der Waals surface area contributed by atoms with Crippen molar-refractivity contribution in [3.63, 3.8) is 0 Å². The summed E-state index contributed by atoms with van der Waals surface area (Å²) in [7, 11) is 1.66. The minimum absolute atomic E-state index is 0.0174. The summed E-state index contributed by atoms with van der Waals surface area (Å²) in [4.78, 5) is 18.8. The molecule has 2 aliphatic heterocycles. The second kappa shape index (κ2) is 13.2. The number of nitrogens with zero attached hydrogens (tertiary/aromatic N) is 2. The van der Waals surface area contributed by atoms with Gasteiger partial charge in [0.2, 0.25) is 5.91 Å². The van der Waals surface area contributed by atoms with Crippen molar-refractivity contribution >= 4 is 5.91 Å². The maximum atomic E-state index is 14.0. The minimum atomic E-state index is -0.214. The number of phenols is 1. The van der Waals surface area contributed by atoms with Crippen molar-refractivity contribution in [2.75, 3.05) is 26.7 Å². The third kappa shape index (κ3) is 5.52. The number of unbranched alkanes of at least 4 members (excludes halogenated alkanes) is 4. The van der Waals surface area contributed by atoms with Gasteiger partial charge in [0, 0.05) is 48.2 Å². The average molecular weight is 601 g/mol. The number of aryl methyl sites for hydroxylation is 1. The number of aromatic hydroxyl groups is 1. The van der Waals surface area contributed by atoms with Crippen LogP contribution in [0.25, 0.3) is 0 Å². The van der Waals surface area contributed by atoms with E-state index in [-0.39, 0.29) is 23.5 Å². The van der Waals surface area contributed by atoms with Crippen LogP contribution in [0.5, 0.6) is 17.2 Å². The molecule has 2 heterocycles. The van der Waals surface area contributed by atoms with Crippen LogP contribution in [-0.2, 0) is 23.1 Å². The summed E-state index contributed by atoms with van der Waals surface area (Å²) < 4.78 is 12.8. The number of likely N-dealkylation sites (tertiary alicyclic amines) is 1. The standard InChI is InChI=1S/C38H52N2O4/c1-5-21-39-22-20-38-29-18-19-30(37(38)44-36-33(43-4)24-32(41)28(35(36)38)23-31(29)39)40(25-26(2)3)34(42)17-13-8-6-7-10-14-27-15-11-9-12-16-27/h5,9,11-12,15-16,24,26,29-31,37,41H,1,6-8,10,13-14,17-23,25H2,2-4H3/t29-,30+,31+,37-,38-/m0/s1. The second-order valence-corrected chi connectivity index (χ2v) is 14.1. The molecule has 1 saturated carbocycles. The average Bonchev–Trinajstić information content (AvgIpc) is 3.36. The Morgan fingerprint density at radius 3 is 2.70 bits per heavy atom. The lowest BCUT2D eigenvalue weighted by Crippen LogP contribution is -2.69. The van der Waals surface area contributed by atoms with Crippen LogP contribution in [0.4, 0.5) is 0 Å². The Morgan fingerprint density at radius 2 is 1.95 bits per heavy atom. The van der Waals surface area contributed by atoms with Crippen LogP contribution < -0.4 is 9.47 Å². The number of carbonyl (C=O) groups excluding carboxylic acids is 1. The van der Waals surface area contributed by atoms with Crippen LogP contribution in [0, 0.1) is 11.8 Å². The lowest BCUT2D eigenvalue weighted by Gasteiger charge is -2.60. The Labute approximate surface area is 264 Å². The summed E-state index contributed by atoms with van der Waals surface area (Å²) in [5.74, 6) is 2.81. The molecule has 1 N–H and O–H groups in total. The van der Waals surface area contributed by atoms with Gasteiger partial charge in [-0.05, 0) is 68.9 Å². The Hall–Kier alpha value is -2.99. The highest BCUT2D eigenvalue weighted by molar-refractivity contribution is 5.77. The van der Waals surface area contributed by atoms with E-state index < -0.39 is 0 Å². The van der Waals surface area contributed by atoms with Gasteiger partial charge in [-0.15, -0.1) is 6.58 Å². The highest BCUT2D eigenvalue weighted by Gasteiger charge is 2.67. The first-order valence-electron chi connectivity index (χ1n) is 17.2. The minimum Gasteiger partial charge on any atom is -0.508 e. The molecule has 2 aromatic rings. The zero-order valence-corrected chi connectivity index (χ0v) is 27.1. The quantitative estimate of drug-likeness (QED) is 0.186. The van der Waals surface area contributed by atoms with E-state index in [2.05, 4.69) is 60.6 Å². The maximum absolute atomic E-state index is 14.0. The lowest BCUT2D eigenvalue weighted by atomic mass is 9.50. The van der Waals surface area contributed by atoms with Crippen LogP contribution in [0.1, 0.15) is 88.3 Å². The van der Waals surface area contributed by atoms with E-state index in [9.17, 15) is 9.90 Å². The zero-order valence-electron chi connectivity index (χ0n) is 27.1. The van der Waals surface area contributed by atoms with E-state index in [1.165, 1.54) is 30.4 Å². The molecule has 0 unspecified atom stereocenters. The van der Waals surface area contributed by atoms with E-state index in [1.54, 1.807) is 13.2 Å². The summed E-state index contributed by atoms with van der Waals surface area (Å²) >= 11 is 0. The number of methoxy groups -OCH3 is 1. The Morgan fingerprint density at radius 1 is 1.18 bits per heavy atom. The number of carbonyl (C=O) groups is 1. The van der Waals surface area contributed by atoms with Crippen molar-refractivity contribution in [3.05, 3.63) is 65.7 Å². The van der Waals surface area contributed by atoms with Gasteiger partial charge in [-0.3, -0.25) is 9.69 Å². The number of ether oxygens (including phenoxy) is 2. The molecule has 0 aromatic heterocycles. The normalized spacial score (nSPS) is 26.6. The SMILES string of the molecule is C=CCN1CC[C@]23c4c5c(O)cc(OC)c4O[C@H]2[C@H](N(CC(C)C)C(=O)CCCCCCCc2ccccc2)CC[C@H]3[C@H]1C5. The number of hydrogen-bond donors (Lipinski definition) is 1. The number of amides is 1. The molecule has 1 saturated heterocycles. The summed E-state index contributed by atoms with van der Waals surface area (Å²) in [6, 6.07) is 12.8. The van der Waals surface area contributed by atoms with E-state index in [0.29, 0.717) is 35.8 Å². The predicted molar refractivity (Wildman–Crippen MR) is 176 cm³/mol. The lowest BCUT2D eigenvalue weighted by molar-refractivity contribution is -0.143. The summed E-state index contributed by atoms with van der Waals surface area (Å²) in [5, 5.41) is 11.2. The molecule has 44 heavy (non-hydrogen) atoms. The van der Waals surface area contributed by atoms with E-state index in [4.69, 9.17) is 9.47 Å². The first-order valence-corrected chi connectivity index (χ1v) is 17.2.